The summed E-state index contributed by atoms with van der Waals surface area (Å²) < 4.78 is 11.9. The van der Waals surface area contributed by atoms with E-state index in [0.29, 0.717) is 0 Å². The molecule has 0 aromatic heterocycles. The summed E-state index contributed by atoms with van der Waals surface area (Å²) in [5, 5.41) is 9.15. The van der Waals surface area contributed by atoms with Crippen molar-refractivity contribution in [3.8, 4) is 0 Å². The van der Waals surface area contributed by atoms with Gasteiger partial charge in [0.2, 0.25) is 7.37 Å². The highest BCUT2D eigenvalue weighted by molar-refractivity contribution is 7.58. The summed E-state index contributed by atoms with van der Waals surface area (Å²) in [4.78, 5) is 21.0. The maximum absolute atomic E-state index is 11.9. The summed E-state index contributed by atoms with van der Waals surface area (Å²) in [6, 6.07) is 8.96. The second-order valence-corrected chi connectivity index (χ2v) is 7.01. The number of aliphatic carboxylic acids is 1. The molecule has 0 aliphatic heterocycles. The third-order valence-corrected chi connectivity index (χ3v) is 5.13. The fourth-order valence-corrected chi connectivity index (χ4v) is 3.26. The van der Waals surface area contributed by atoms with Gasteiger partial charge >= 0.3 is 5.97 Å². The van der Waals surface area contributed by atoms with Crippen LogP contribution in [0.4, 0.5) is 0 Å². The van der Waals surface area contributed by atoms with Gasteiger partial charge in [0.1, 0.15) is 0 Å². The minimum Gasteiger partial charge on any atom is -0.481 e. The standard InChI is InChI=1S/C12H19N2O4P/c13-7-11(14)19(17,18)8-10(12(15)16)6-9-4-2-1-3-5-9/h1-5,10-11H,6-8,13-14H2,(H,15,16)(H,17,18). The third kappa shape index (κ3) is 4.76. The zero-order valence-corrected chi connectivity index (χ0v) is 11.4. The molecule has 0 saturated heterocycles. The summed E-state index contributed by atoms with van der Waals surface area (Å²) in [5.74, 6) is -3.14. The van der Waals surface area contributed by atoms with Crippen LogP contribution >= 0.6 is 7.37 Å². The summed E-state index contributed by atoms with van der Waals surface area (Å²) >= 11 is 0. The molecule has 0 saturated carbocycles. The van der Waals surface area contributed by atoms with E-state index in [-0.39, 0.29) is 19.1 Å². The Bertz CT molecular complexity index is 466. The molecule has 0 fully saturated rings. The SMILES string of the molecule is NCC(N)P(=O)(O)CC(Cc1ccccc1)C(=O)O. The lowest BCUT2D eigenvalue weighted by Gasteiger charge is -2.21. The molecular formula is C12H19N2O4P. The molecule has 1 aromatic carbocycles. The van der Waals surface area contributed by atoms with Crippen molar-refractivity contribution in [2.75, 3.05) is 12.7 Å². The first kappa shape index (κ1) is 15.9. The lowest BCUT2D eigenvalue weighted by Crippen LogP contribution is -2.33. The highest BCUT2D eigenvalue weighted by Crippen LogP contribution is 2.45. The van der Waals surface area contributed by atoms with Crippen molar-refractivity contribution < 1.29 is 19.4 Å². The first-order valence-corrected chi connectivity index (χ1v) is 7.82. The molecule has 0 bridgehead atoms. The number of benzene rings is 1. The molecule has 0 amide bonds. The van der Waals surface area contributed by atoms with E-state index in [9.17, 15) is 14.3 Å². The Kier molecular flexibility index (Phi) is 5.69. The van der Waals surface area contributed by atoms with Crippen LogP contribution in [0.3, 0.4) is 0 Å². The van der Waals surface area contributed by atoms with E-state index >= 15 is 0 Å². The molecule has 0 aliphatic carbocycles. The van der Waals surface area contributed by atoms with Crippen LogP contribution < -0.4 is 11.5 Å². The smallest absolute Gasteiger partial charge is 0.307 e. The van der Waals surface area contributed by atoms with E-state index in [0.717, 1.165) is 5.56 Å². The highest BCUT2D eigenvalue weighted by Gasteiger charge is 2.33. The van der Waals surface area contributed by atoms with Crippen LogP contribution in [-0.2, 0) is 15.8 Å². The Labute approximate surface area is 111 Å². The molecule has 1 rings (SSSR count). The number of hydrogen-bond acceptors (Lipinski definition) is 4. The van der Waals surface area contributed by atoms with Gasteiger partial charge in [0, 0.05) is 12.7 Å². The number of carboxylic acid groups (broad SMARTS) is 1. The fraction of sp³-hybridized carbons (Fsp3) is 0.417. The summed E-state index contributed by atoms with van der Waals surface area (Å²) in [6.07, 6.45) is -0.173. The maximum atomic E-state index is 11.9. The lowest BCUT2D eigenvalue weighted by molar-refractivity contribution is -0.141. The van der Waals surface area contributed by atoms with Crippen LogP contribution in [0.5, 0.6) is 0 Å². The summed E-state index contributed by atoms with van der Waals surface area (Å²) in [6.45, 7) is -0.147. The molecule has 19 heavy (non-hydrogen) atoms. The largest absolute Gasteiger partial charge is 0.481 e. The Morgan fingerprint density at radius 2 is 1.89 bits per heavy atom. The quantitative estimate of drug-likeness (QED) is 0.539. The fourth-order valence-electron chi connectivity index (χ4n) is 1.74. The number of carbonyl (C=O) groups is 1. The predicted octanol–water partition coefficient (Wildman–Crippen LogP) is 0.444. The van der Waals surface area contributed by atoms with Crippen LogP contribution in [0.25, 0.3) is 0 Å². The van der Waals surface area contributed by atoms with Crippen LogP contribution in [0, 0.1) is 5.92 Å². The average molecular weight is 286 g/mol. The van der Waals surface area contributed by atoms with Crippen LogP contribution in [-0.4, -0.2) is 34.5 Å². The van der Waals surface area contributed by atoms with Gasteiger partial charge in [-0.25, -0.2) is 0 Å². The van der Waals surface area contributed by atoms with E-state index < -0.39 is 25.0 Å². The Balaban J connectivity index is 2.80. The summed E-state index contributed by atoms with van der Waals surface area (Å²) in [7, 11) is -3.76. The maximum Gasteiger partial charge on any atom is 0.307 e. The first-order valence-electron chi connectivity index (χ1n) is 5.90. The van der Waals surface area contributed by atoms with E-state index in [1.807, 2.05) is 6.07 Å². The number of carboxylic acids is 1. The normalized spacial score (nSPS) is 17.4. The molecule has 6 nitrogen and oxygen atoms in total. The lowest BCUT2D eigenvalue weighted by atomic mass is 10.0. The zero-order chi connectivity index (χ0) is 14.5. The Morgan fingerprint density at radius 1 is 1.32 bits per heavy atom. The van der Waals surface area contributed by atoms with Crippen molar-refractivity contribution >= 4 is 13.3 Å². The van der Waals surface area contributed by atoms with E-state index in [1.165, 1.54) is 0 Å². The predicted molar refractivity (Wildman–Crippen MR) is 73.0 cm³/mol. The molecule has 3 unspecified atom stereocenters. The Morgan fingerprint density at radius 3 is 2.37 bits per heavy atom. The van der Waals surface area contributed by atoms with Gasteiger partial charge in [0.15, 0.2) is 0 Å². The Hall–Kier alpha value is -1.20. The summed E-state index contributed by atoms with van der Waals surface area (Å²) in [5.41, 5.74) is 11.5. The van der Waals surface area contributed by atoms with Crippen molar-refractivity contribution in [3.63, 3.8) is 0 Å². The molecular weight excluding hydrogens is 267 g/mol. The minimum atomic E-state index is -3.76. The molecule has 7 heteroatoms. The van der Waals surface area contributed by atoms with E-state index in [4.69, 9.17) is 16.6 Å². The molecule has 0 radical (unpaired) electrons. The van der Waals surface area contributed by atoms with Gasteiger partial charge in [-0.3, -0.25) is 9.36 Å². The molecule has 0 aliphatic rings. The number of rotatable bonds is 7. The van der Waals surface area contributed by atoms with E-state index in [2.05, 4.69) is 0 Å². The van der Waals surface area contributed by atoms with Crippen molar-refractivity contribution in [2.45, 2.75) is 12.2 Å². The van der Waals surface area contributed by atoms with Gasteiger partial charge in [0.25, 0.3) is 0 Å². The molecule has 1 aromatic rings. The minimum absolute atomic E-state index is 0.147. The second kappa shape index (κ2) is 6.82. The topological polar surface area (TPSA) is 127 Å². The van der Waals surface area contributed by atoms with E-state index in [1.54, 1.807) is 24.3 Å². The molecule has 0 spiro atoms. The van der Waals surface area contributed by atoms with Gasteiger partial charge in [-0.05, 0) is 12.0 Å². The van der Waals surface area contributed by atoms with Crippen LogP contribution in [0.2, 0.25) is 0 Å². The van der Waals surface area contributed by atoms with Crippen LogP contribution in [0.1, 0.15) is 5.56 Å². The number of hydrogen-bond donors (Lipinski definition) is 4. The van der Waals surface area contributed by atoms with Crippen molar-refractivity contribution in [1.82, 2.24) is 0 Å². The molecule has 6 N–H and O–H groups in total. The van der Waals surface area contributed by atoms with Crippen molar-refractivity contribution in [1.29, 1.82) is 0 Å². The van der Waals surface area contributed by atoms with Crippen LogP contribution in [0.15, 0.2) is 30.3 Å². The molecule has 106 valence electrons. The van der Waals surface area contributed by atoms with Gasteiger partial charge in [-0.15, -0.1) is 0 Å². The van der Waals surface area contributed by atoms with Gasteiger partial charge < -0.3 is 21.5 Å². The van der Waals surface area contributed by atoms with Crippen molar-refractivity contribution in [2.24, 2.45) is 17.4 Å². The van der Waals surface area contributed by atoms with Gasteiger partial charge in [0.05, 0.1) is 11.7 Å². The monoisotopic (exact) mass is 286 g/mol. The van der Waals surface area contributed by atoms with Gasteiger partial charge in [-0.1, -0.05) is 30.3 Å². The third-order valence-electron chi connectivity index (χ3n) is 2.92. The molecule has 3 atom stereocenters. The zero-order valence-electron chi connectivity index (χ0n) is 10.5. The number of nitrogens with two attached hydrogens (primary N) is 2. The first-order chi connectivity index (χ1) is 8.86. The average Bonchev–Trinajstić information content (AvgIpc) is 2.37. The second-order valence-electron chi connectivity index (χ2n) is 4.47. The molecule has 0 heterocycles. The van der Waals surface area contributed by atoms with Crippen molar-refractivity contribution in [3.05, 3.63) is 35.9 Å². The highest BCUT2D eigenvalue weighted by atomic mass is 31.2. The van der Waals surface area contributed by atoms with Gasteiger partial charge in [-0.2, -0.15) is 0 Å².